The first-order chi connectivity index (χ1) is 20.5. The number of rotatable bonds is 5. The lowest BCUT2D eigenvalue weighted by Crippen LogP contribution is -2.52. The standard InChI is InChI=1S/C29H36F3N9OS/c1-18-15-21(39-9-7-20(8-10-39)40-13-11-37(3)12-14-40)5-6-22(18)35-28-33-16-23-25(36-28)38(4)27-24(34-19(2)43-27)26(42)41(23)17-29(30,31)32/h5-6,15-16,20H,7-14,17H2,1-4H3,(H,33,35,36). The van der Waals surface area contributed by atoms with Gasteiger partial charge in [-0.1, -0.05) is 0 Å². The summed E-state index contributed by atoms with van der Waals surface area (Å²) in [5, 5.41) is 4.25. The van der Waals surface area contributed by atoms with E-state index in [2.05, 4.69) is 54.1 Å². The van der Waals surface area contributed by atoms with E-state index in [1.165, 1.54) is 17.5 Å². The fraction of sp³-hybridized carbons (Fsp3) is 0.517. The predicted molar refractivity (Wildman–Crippen MR) is 163 cm³/mol. The van der Waals surface area contributed by atoms with E-state index in [1.807, 2.05) is 13.0 Å². The van der Waals surface area contributed by atoms with E-state index >= 15 is 0 Å². The van der Waals surface area contributed by atoms with Crippen LogP contribution in [-0.2, 0) is 0 Å². The lowest BCUT2D eigenvalue weighted by atomic mass is 10.0. The number of aryl methyl sites for hydroxylation is 2. The molecule has 0 bridgehead atoms. The molecular formula is C29H36F3N9OS. The van der Waals surface area contributed by atoms with Crippen molar-refractivity contribution in [1.29, 1.82) is 0 Å². The minimum Gasteiger partial charge on any atom is -0.371 e. The Morgan fingerprint density at radius 2 is 1.74 bits per heavy atom. The Morgan fingerprint density at radius 1 is 1.02 bits per heavy atom. The molecule has 5 heterocycles. The number of nitrogens with one attached hydrogen (secondary N) is 1. The van der Waals surface area contributed by atoms with Gasteiger partial charge in [-0.15, -0.1) is 11.3 Å². The van der Waals surface area contributed by atoms with Gasteiger partial charge in [0.15, 0.2) is 11.5 Å². The molecule has 0 spiro atoms. The molecule has 0 saturated carbocycles. The quantitative estimate of drug-likeness (QED) is 0.435. The van der Waals surface area contributed by atoms with Crippen LogP contribution in [0.1, 0.15) is 33.9 Å². The Labute approximate surface area is 253 Å². The van der Waals surface area contributed by atoms with Crippen molar-refractivity contribution in [3.63, 3.8) is 0 Å². The van der Waals surface area contributed by atoms with Gasteiger partial charge in [-0.05, 0) is 57.5 Å². The number of halogens is 3. The molecular weight excluding hydrogens is 579 g/mol. The van der Waals surface area contributed by atoms with E-state index in [1.54, 1.807) is 18.9 Å². The number of hydrogen-bond donors (Lipinski definition) is 1. The van der Waals surface area contributed by atoms with Crippen molar-refractivity contribution in [2.45, 2.75) is 38.9 Å². The minimum atomic E-state index is -4.61. The zero-order valence-corrected chi connectivity index (χ0v) is 25.6. The highest BCUT2D eigenvalue weighted by Crippen LogP contribution is 2.42. The van der Waals surface area contributed by atoms with Crippen LogP contribution >= 0.6 is 11.3 Å². The van der Waals surface area contributed by atoms with Crippen molar-refractivity contribution < 1.29 is 18.0 Å². The van der Waals surface area contributed by atoms with E-state index in [-0.39, 0.29) is 23.1 Å². The highest BCUT2D eigenvalue weighted by Gasteiger charge is 2.40. The summed E-state index contributed by atoms with van der Waals surface area (Å²) >= 11 is 1.23. The molecule has 14 heteroatoms. The Hall–Kier alpha value is -3.49. The third kappa shape index (κ3) is 6.13. The maximum absolute atomic E-state index is 13.5. The number of anilines is 6. The normalized spacial score (nSPS) is 19.0. The Kier molecular flexibility index (Phi) is 7.94. The lowest BCUT2D eigenvalue weighted by Gasteiger charge is -2.42. The SMILES string of the molecule is Cc1nc2c(s1)N(C)c1nc(Nc3ccc(N4CCC(N5CCN(C)CC5)CC4)cc3C)ncc1N(CC(F)(F)F)C2=O. The number of alkyl halides is 3. The number of amides is 1. The molecule has 3 aliphatic heterocycles. The highest BCUT2D eigenvalue weighted by atomic mass is 32.1. The largest absolute Gasteiger partial charge is 0.406 e. The van der Waals surface area contributed by atoms with E-state index in [0.29, 0.717) is 21.0 Å². The zero-order chi connectivity index (χ0) is 30.5. The molecule has 2 saturated heterocycles. The Morgan fingerprint density at radius 3 is 2.42 bits per heavy atom. The number of fused-ring (bicyclic) bond motifs is 2. The van der Waals surface area contributed by atoms with Crippen molar-refractivity contribution in [1.82, 2.24) is 24.8 Å². The minimum absolute atomic E-state index is 0.0229. The second kappa shape index (κ2) is 11.5. The molecule has 1 aromatic carbocycles. The number of piperidine rings is 1. The first kappa shape index (κ1) is 29.6. The number of nitrogens with zero attached hydrogens (tertiary/aromatic N) is 8. The number of carbonyl (C=O) groups excluding carboxylic acids is 1. The van der Waals surface area contributed by atoms with Gasteiger partial charge in [0, 0.05) is 63.7 Å². The fourth-order valence-corrected chi connectivity index (χ4v) is 6.97. The third-order valence-corrected chi connectivity index (χ3v) is 9.55. The molecule has 3 aliphatic rings. The molecule has 230 valence electrons. The molecule has 2 aromatic heterocycles. The van der Waals surface area contributed by atoms with Gasteiger partial charge in [-0.25, -0.2) is 9.97 Å². The van der Waals surface area contributed by atoms with Crippen LogP contribution in [0.3, 0.4) is 0 Å². The molecule has 0 radical (unpaired) electrons. The van der Waals surface area contributed by atoms with Crippen LogP contribution in [-0.4, -0.2) is 103 Å². The van der Waals surface area contributed by atoms with Gasteiger partial charge in [-0.3, -0.25) is 14.6 Å². The van der Waals surface area contributed by atoms with Crippen molar-refractivity contribution in [3.8, 4) is 0 Å². The van der Waals surface area contributed by atoms with Crippen molar-refractivity contribution in [3.05, 3.63) is 40.7 Å². The molecule has 3 aromatic rings. The molecule has 0 unspecified atom stereocenters. The van der Waals surface area contributed by atoms with E-state index in [0.717, 1.165) is 69.0 Å². The number of benzene rings is 1. The van der Waals surface area contributed by atoms with Gasteiger partial charge in [0.2, 0.25) is 5.95 Å². The fourth-order valence-electron chi connectivity index (χ4n) is 6.10. The van der Waals surface area contributed by atoms with Crippen LogP contribution in [0.15, 0.2) is 24.4 Å². The summed E-state index contributed by atoms with van der Waals surface area (Å²) in [6.45, 7) is 8.82. The Bertz CT molecular complexity index is 1500. The first-order valence-electron chi connectivity index (χ1n) is 14.5. The summed E-state index contributed by atoms with van der Waals surface area (Å²) < 4.78 is 40.6. The van der Waals surface area contributed by atoms with Crippen LogP contribution in [0, 0.1) is 13.8 Å². The van der Waals surface area contributed by atoms with Gasteiger partial charge < -0.3 is 20.0 Å². The second-order valence-electron chi connectivity index (χ2n) is 11.5. The van der Waals surface area contributed by atoms with Crippen LogP contribution in [0.2, 0.25) is 0 Å². The van der Waals surface area contributed by atoms with Crippen molar-refractivity contribution in [2.24, 2.45) is 0 Å². The number of carbonyl (C=O) groups is 1. The summed E-state index contributed by atoms with van der Waals surface area (Å²) in [5.41, 5.74) is 2.91. The number of likely N-dealkylation sites (N-methyl/N-ethyl adjacent to an activating group) is 1. The van der Waals surface area contributed by atoms with Gasteiger partial charge in [0.1, 0.15) is 17.2 Å². The maximum atomic E-state index is 13.5. The van der Waals surface area contributed by atoms with Crippen molar-refractivity contribution >= 4 is 51.1 Å². The van der Waals surface area contributed by atoms with Gasteiger partial charge in [0.25, 0.3) is 5.91 Å². The Balaban J connectivity index is 1.20. The topological polar surface area (TPSA) is 84.0 Å². The average molecular weight is 616 g/mol. The molecule has 0 atom stereocenters. The third-order valence-electron chi connectivity index (χ3n) is 8.50. The predicted octanol–water partition coefficient (Wildman–Crippen LogP) is 4.80. The smallest absolute Gasteiger partial charge is 0.371 e. The number of piperazine rings is 1. The van der Waals surface area contributed by atoms with E-state index in [9.17, 15) is 18.0 Å². The van der Waals surface area contributed by atoms with Crippen LogP contribution in [0.4, 0.5) is 47.0 Å². The van der Waals surface area contributed by atoms with E-state index in [4.69, 9.17) is 0 Å². The van der Waals surface area contributed by atoms with Gasteiger partial charge in [-0.2, -0.15) is 18.2 Å². The van der Waals surface area contributed by atoms with Gasteiger partial charge in [0.05, 0.1) is 11.2 Å². The van der Waals surface area contributed by atoms with Crippen LogP contribution < -0.4 is 20.0 Å². The number of thiazole rings is 1. The number of aromatic nitrogens is 3. The molecule has 43 heavy (non-hydrogen) atoms. The molecule has 6 rings (SSSR count). The average Bonchev–Trinajstić information content (AvgIpc) is 3.35. The summed E-state index contributed by atoms with van der Waals surface area (Å²) in [4.78, 5) is 36.0. The summed E-state index contributed by atoms with van der Waals surface area (Å²) in [6.07, 6.45) is -1.05. The van der Waals surface area contributed by atoms with Crippen molar-refractivity contribution in [2.75, 3.05) is 79.9 Å². The lowest BCUT2D eigenvalue weighted by molar-refractivity contribution is -0.118. The first-order valence-corrected chi connectivity index (χ1v) is 15.3. The molecule has 1 amide bonds. The second-order valence-corrected chi connectivity index (χ2v) is 12.7. The van der Waals surface area contributed by atoms with E-state index < -0.39 is 18.6 Å². The van der Waals surface area contributed by atoms with Crippen LogP contribution in [0.25, 0.3) is 0 Å². The summed E-state index contributed by atoms with van der Waals surface area (Å²) in [7, 11) is 3.86. The van der Waals surface area contributed by atoms with Crippen LogP contribution in [0.5, 0.6) is 0 Å². The molecule has 10 nitrogen and oxygen atoms in total. The summed E-state index contributed by atoms with van der Waals surface area (Å²) in [5.74, 6) is -0.417. The molecule has 2 fully saturated rings. The zero-order valence-electron chi connectivity index (χ0n) is 24.8. The number of hydrogen-bond acceptors (Lipinski definition) is 10. The maximum Gasteiger partial charge on any atom is 0.406 e. The molecule has 0 aliphatic carbocycles. The highest BCUT2D eigenvalue weighted by molar-refractivity contribution is 7.16. The summed E-state index contributed by atoms with van der Waals surface area (Å²) in [6, 6.07) is 6.85. The van der Waals surface area contributed by atoms with Gasteiger partial charge >= 0.3 is 6.18 Å². The molecule has 1 N–H and O–H groups in total. The monoisotopic (exact) mass is 615 g/mol.